The first-order valence-electron chi connectivity index (χ1n) is 4.91. The average Bonchev–Trinajstić information content (AvgIpc) is 2.49. The highest BCUT2D eigenvalue weighted by Crippen LogP contribution is 2.23. The summed E-state index contributed by atoms with van der Waals surface area (Å²) in [4.78, 5) is 4.29. The first-order valence-corrected chi connectivity index (χ1v) is 5.79. The van der Waals surface area contributed by atoms with Gasteiger partial charge in [-0.1, -0.05) is 20.8 Å². The van der Waals surface area contributed by atoms with Crippen molar-refractivity contribution in [2.75, 3.05) is 6.54 Å². The number of alkyl halides is 3. The van der Waals surface area contributed by atoms with Crippen LogP contribution >= 0.6 is 11.3 Å². The van der Waals surface area contributed by atoms with E-state index in [9.17, 15) is 13.2 Å². The van der Waals surface area contributed by atoms with Gasteiger partial charge in [-0.15, -0.1) is 11.3 Å². The molecular formula is C10H15F3N2S. The SMILES string of the molecule is CC(C)(C)c1csc(CNCC(F)(F)F)n1. The van der Waals surface area contributed by atoms with E-state index in [1.807, 2.05) is 26.2 Å². The van der Waals surface area contributed by atoms with Gasteiger partial charge < -0.3 is 5.32 Å². The first kappa shape index (κ1) is 13.4. The minimum absolute atomic E-state index is 0.0568. The van der Waals surface area contributed by atoms with Gasteiger partial charge in [0.05, 0.1) is 12.2 Å². The molecule has 1 aromatic heterocycles. The van der Waals surface area contributed by atoms with Gasteiger partial charge in [0, 0.05) is 17.3 Å². The highest BCUT2D eigenvalue weighted by molar-refractivity contribution is 7.09. The molecule has 0 saturated heterocycles. The van der Waals surface area contributed by atoms with E-state index >= 15 is 0 Å². The monoisotopic (exact) mass is 252 g/mol. The summed E-state index contributed by atoms with van der Waals surface area (Å²) < 4.78 is 35.6. The molecule has 0 saturated carbocycles. The molecule has 0 spiro atoms. The van der Waals surface area contributed by atoms with Gasteiger partial charge in [-0.25, -0.2) is 4.98 Å². The summed E-state index contributed by atoms with van der Waals surface area (Å²) in [7, 11) is 0. The van der Waals surface area contributed by atoms with Crippen LogP contribution in [0.3, 0.4) is 0 Å². The average molecular weight is 252 g/mol. The topological polar surface area (TPSA) is 24.9 Å². The van der Waals surface area contributed by atoms with Crippen molar-refractivity contribution in [3.05, 3.63) is 16.1 Å². The number of hydrogen-bond acceptors (Lipinski definition) is 3. The van der Waals surface area contributed by atoms with E-state index in [2.05, 4.69) is 10.3 Å². The molecule has 92 valence electrons. The Morgan fingerprint density at radius 3 is 2.38 bits per heavy atom. The van der Waals surface area contributed by atoms with Crippen molar-refractivity contribution in [1.29, 1.82) is 0 Å². The van der Waals surface area contributed by atoms with Crippen LogP contribution in [0.4, 0.5) is 13.2 Å². The van der Waals surface area contributed by atoms with Crippen LogP contribution in [0, 0.1) is 0 Å². The zero-order valence-corrected chi connectivity index (χ0v) is 10.3. The Balaban J connectivity index is 2.48. The third-order valence-corrected chi connectivity index (χ3v) is 2.77. The second-order valence-electron chi connectivity index (χ2n) is 4.60. The molecule has 0 radical (unpaired) electrons. The highest BCUT2D eigenvalue weighted by atomic mass is 32.1. The Hall–Kier alpha value is -0.620. The molecule has 0 bridgehead atoms. The highest BCUT2D eigenvalue weighted by Gasteiger charge is 2.26. The Kier molecular flexibility index (Phi) is 3.96. The van der Waals surface area contributed by atoms with Crippen molar-refractivity contribution in [3.8, 4) is 0 Å². The molecule has 0 amide bonds. The van der Waals surface area contributed by atoms with Crippen LogP contribution in [-0.4, -0.2) is 17.7 Å². The van der Waals surface area contributed by atoms with Gasteiger partial charge in [-0.05, 0) is 0 Å². The van der Waals surface area contributed by atoms with Crippen LogP contribution in [-0.2, 0) is 12.0 Å². The quantitative estimate of drug-likeness (QED) is 0.894. The number of thiazole rings is 1. The summed E-state index contributed by atoms with van der Waals surface area (Å²) in [5.74, 6) is 0. The lowest BCUT2D eigenvalue weighted by Gasteiger charge is -2.14. The lowest BCUT2D eigenvalue weighted by molar-refractivity contribution is -0.125. The lowest BCUT2D eigenvalue weighted by atomic mass is 9.93. The van der Waals surface area contributed by atoms with Crippen LogP contribution < -0.4 is 5.32 Å². The van der Waals surface area contributed by atoms with Gasteiger partial charge in [0.2, 0.25) is 0 Å². The number of rotatable bonds is 3. The summed E-state index contributed by atoms with van der Waals surface area (Å²) in [6, 6.07) is 0. The minimum atomic E-state index is -4.16. The van der Waals surface area contributed by atoms with E-state index in [0.717, 1.165) is 5.69 Å². The maximum Gasteiger partial charge on any atom is 0.401 e. The smallest absolute Gasteiger partial charge is 0.302 e. The molecule has 0 aliphatic heterocycles. The van der Waals surface area contributed by atoms with Crippen molar-refractivity contribution in [2.24, 2.45) is 0 Å². The third kappa shape index (κ3) is 4.49. The standard InChI is InChI=1S/C10H15F3N2S/c1-9(2,3)7-5-16-8(15-7)4-14-6-10(11,12)13/h5,14H,4,6H2,1-3H3. The van der Waals surface area contributed by atoms with Crippen molar-refractivity contribution < 1.29 is 13.2 Å². The summed E-state index contributed by atoms with van der Waals surface area (Å²) in [5.41, 5.74) is 0.861. The zero-order valence-electron chi connectivity index (χ0n) is 9.48. The van der Waals surface area contributed by atoms with Crippen LogP contribution in [0.2, 0.25) is 0 Å². The van der Waals surface area contributed by atoms with Crippen molar-refractivity contribution in [2.45, 2.75) is 38.9 Å². The third-order valence-electron chi connectivity index (χ3n) is 1.92. The predicted molar refractivity (Wildman–Crippen MR) is 58.6 cm³/mol. The van der Waals surface area contributed by atoms with E-state index in [1.54, 1.807) is 0 Å². The van der Waals surface area contributed by atoms with Crippen LogP contribution in [0.5, 0.6) is 0 Å². The lowest BCUT2D eigenvalue weighted by Crippen LogP contribution is -2.28. The van der Waals surface area contributed by atoms with Gasteiger partial charge in [0.15, 0.2) is 0 Å². The van der Waals surface area contributed by atoms with Gasteiger partial charge in [0.25, 0.3) is 0 Å². The van der Waals surface area contributed by atoms with E-state index in [1.165, 1.54) is 11.3 Å². The predicted octanol–water partition coefficient (Wildman–Crippen LogP) is 3.09. The molecule has 0 aromatic carbocycles. The Morgan fingerprint density at radius 2 is 1.94 bits per heavy atom. The number of nitrogens with one attached hydrogen (secondary N) is 1. The molecule has 1 aromatic rings. The summed E-state index contributed by atoms with van der Waals surface area (Å²) >= 11 is 1.39. The summed E-state index contributed by atoms with van der Waals surface area (Å²) in [5, 5.41) is 4.91. The molecule has 0 fully saturated rings. The largest absolute Gasteiger partial charge is 0.401 e. The second kappa shape index (κ2) is 4.71. The molecule has 6 heteroatoms. The Morgan fingerprint density at radius 1 is 1.31 bits per heavy atom. The summed E-state index contributed by atoms with van der Waals surface area (Å²) in [6.07, 6.45) is -4.16. The molecule has 0 unspecified atom stereocenters. The molecule has 0 aliphatic carbocycles. The van der Waals surface area contributed by atoms with Crippen molar-refractivity contribution in [1.82, 2.24) is 10.3 Å². The van der Waals surface area contributed by atoms with Gasteiger partial charge >= 0.3 is 6.18 Å². The number of hydrogen-bond donors (Lipinski definition) is 1. The molecule has 2 nitrogen and oxygen atoms in total. The van der Waals surface area contributed by atoms with Gasteiger partial charge in [-0.3, -0.25) is 0 Å². The fourth-order valence-electron chi connectivity index (χ4n) is 1.05. The fourth-order valence-corrected chi connectivity index (χ4v) is 2.04. The number of nitrogens with zero attached hydrogens (tertiary/aromatic N) is 1. The van der Waals surface area contributed by atoms with Crippen LogP contribution in [0.1, 0.15) is 31.5 Å². The normalized spacial score (nSPS) is 13.1. The molecule has 1 N–H and O–H groups in total. The summed E-state index contributed by atoms with van der Waals surface area (Å²) in [6.45, 7) is 5.26. The van der Waals surface area contributed by atoms with Gasteiger partial charge in [-0.2, -0.15) is 13.2 Å². The Bertz CT molecular complexity index is 339. The number of aromatic nitrogens is 1. The molecule has 0 aliphatic rings. The fraction of sp³-hybridized carbons (Fsp3) is 0.700. The van der Waals surface area contributed by atoms with E-state index < -0.39 is 12.7 Å². The van der Waals surface area contributed by atoms with E-state index in [4.69, 9.17) is 0 Å². The molecule has 16 heavy (non-hydrogen) atoms. The molecule has 1 rings (SSSR count). The van der Waals surface area contributed by atoms with Crippen LogP contribution in [0.15, 0.2) is 5.38 Å². The zero-order chi connectivity index (χ0) is 12.4. The molecular weight excluding hydrogens is 237 g/mol. The Labute approximate surface area is 96.9 Å². The maximum atomic E-state index is 11.9. The van der Waals surface area contributed by atoms with E-state index in [-0.39, 0.29) is 12.0 Å². The van der Waals surface area contributed by atoms with Crippen molar-refractivity contribution >= 4 is 11.3 Å². The van der Waals surface area contributed by atoms with E-state index in [0.29, 0.717) is 5.01 Å². The molecule has 1 heterocycles. The van der Waals surface area contributed by atoms with Crippen molar-refractivity contribution in [3.63, 3.8) is 0 Å². The number of halogens is 3. The second-order valence-corrected chi connectivity index (χ2v) is 5.54. The maximum absolute atomic E-state index is 11.9. The minimum Gasteiger partial charge on any atom is -0.302 e. The molecule has 0 atom stereocenters. The first-order chi connectivity index (χ1) is 7.18. The van der Waals surface area contributed by atoms with Crippen LogP contribution in [0.25, 0.3) is 0 Å². The van der Waals surface area contributed by atoms with Gasteiger partial charge in [0.1, 0.15) is 5.01 Å².